The van der Waals surface area contributed by atoms with Crippen LogP contribution in [0.2, 0.25) is 0 Å². The van der Waals surface area contributed by atoms with E-state index in [9.17, 15) is 4.79 Å². The quantitative estimate of drug-likeness (QED) is 0.753. The Kier molecular flexibility index (Phi) is 4.80. The summed E-state index contributed by atoms with van der Waals surface area (Å²) in [6.07, 6.45) is 7.53. The van der Waals surface area contributed by atoms with Gasteiger partial charge in [-0.1, -0.05) is 25.7 Å². The van der Waals surface area contributed by atoms with Crippen LogP contribution in [0.4, 0.5) is 0 Å². The van der Waals surface area contributed by atoms with Crippen molar-refractivity contribution in [2.75, 3.05) is 26.8 Å². The van der Waals surface area contributed by atoms with Gasteiger partial charge < -0.3 is 15.0 Å². The summed E-state index contributed by atoms with van der Waals surface area (Å²) in [4.78, 5) is 14.2. The molecule has 0 bridgehead atoms. The fourth-order valence-corrected chi connectivity index (χ4v) is 3.07. The van der Waals surface area contributed by atoms with Gasteiger partial charge in [-0.3, -0.25) is 4.79 Å². The second-order valence-corrected chi connectivity index (χ2v) is 5.17. The lowest BCUT2D eigenvalue weighted by atomic mass is 10.0. The van der Waals surface area contributed by atoms with Crippen molar-refractivity contribution in [2.24, 2.45) is 0 Å². The minimum Gasteiger partial charge on any atom is -0.369 e. The van der Waals surface area contributed by atoms with Gasteiger partial charge in [0.05, 0.1) is 12.6 Å². The van der Waals surface area contributed by atoms with Crippen LogP contribution in [0.25, 0.3) is 0 Å². The minimum atomic E-state index is 0.184. The van der Waals surface area contributed by atoms with Crippen molar-refractivity contribution in [3.8, 4) is 0 Å². The Morgan fingerprint density at radius 2 is 2.00 bits per heavy atom. The molecule has 98 valence electrons. The first-order valence-corrected chi connectivity index (χ1v) is 6.86. The summed E-state index contributed by atoms with van der Waals surface area (Å²) < 4.78 is 5.37. The van der Waals surface area contributed by atoms with Crippen molar-refractivity contribution in [1.29, 1.82) is 0 Å². The van der Waals surface area contributed by atoms with Crippen LogP contribution < -0.4 is 5.32 Å². The number of nitrogens with one attached hydrogen (secondary N) is 1. The molecule has 0 radical (unpaired) electrons. The van der Waals surface area contributed by atoms with Crippen LogP contribution in [0.5, 0.6) is 0 Å². The van der Waals surface area contributed by atoms with E-state index in [1.807, 2.05) is 7.05 Å². The standard InChI is InChI=1S/C13H24N2O2/c1-14-8-12-9-17-10-13(16)15(12)11-6-4-2-3-5-7-11/h11-12,14H,2-10H2,1H3. The molecule has 17 heavy (non-hydrogen) atoms. The van der Waals surface area contributed by atoms with Crippen LogP contribution in [0.3, 0.4) is 0 Å². The van der Waals surface area contributed by atoms with E-state index >= 15 is 0 Å². The highest BCUT2D eigenvalue weighted by molar-refractivity contribution is 5.78. The Bertz CT molecular complexity index is 248. The Morgan fingerprint density at radius 1 is 1.29 bits per heavy atom. The molecule has 0 aromatic rings. The number of rotatable bonds is 3. The topological polar surface area (TPSA) is 41.6 Å². The van der Waals surface area contributed by atoms with E-state index in [1.165, 1.54) is 38.5 Å². The Hall–Kier alpha value is -0.610. The molecule has 2 aliphatic rings. The summed E-state index contributed by atoms with van der Waals surface area (Å²) in [7, 11) is 1.93. The summed E-state index contributed by atoms with van der Waals surface area (Å²) in [5, 5.41) is 3.17. The second kappa shape index (κ2) is 6.36. The van der Waals surface area contributed by atoms with Gasteiger partial charge in [-0.25, -0.2) is 0 Å². The van der Waals surface area contributed by atoms with Crippen LogP contribution >= 0.6 is 0 Å². The third-order valence-corrected chi connectivity index (χ3v) is 3.87. The molecule has 1 aliphatic carbocycles. The number of ether oxygens (including phenoxy) is 1. The lowest BCUT2D eigenvalue weighted by Gasteiger charge is -2.41. The van der Waals surface area contributed by atoms with Crippen LogP contribution in [0.1, 0.15) is 38.5 Å². The predicted molar refractivity (Wildman–Crippen MR) is 66.9 cm³/mol. The van der Waals surface area contributed by atoms with Crippen molar-refractivity contribution in [3.63, 3.8) is 0 Å². The van der Waals surface area contributed by atoms with Crippen molar-refractivity contribution in [2.45, 2.75) is 50.6 Å². The molecule has 1 N–H and O–H groups in total. The zero-order valence-corrected chi connectivity index (χ0v) is 10.8. The molecule has 1 saturated carbocycles. The zero-order valence-electron chi connectivity index (χ0n) is 10.8. The van der Waals surface area contributed by atoms with Crippen LogP contribution in [0, 0.1) is 0 Å². The summed E-state index contributed by atoms with van der Waals surface area (Å²) in [6, 6.07) is 0.677. The molecule has 0 spiro atoms. The maximum Gasteiger partial charge on any atom is 0.249 e. The Balaban J connectivity index is 2.03. The SMILES string of the molecule is CNCC1COCC(=O)N1C1CCCCCC1. The van der Waals surface area contributed by atoms with Gasteiger partial charge in [0.1, 0.15) is 6.61 Å². The normalized spacial score (nSPS) is 28.2. The molecule has 4 heteroatoms. The van der Waals surface area contributed by atoms with Gasteiger partial charge in [-0.15, -0.1) is 0 Å². The molecule has 1 unspecified atom stereocenters. The third kappa shape index (κ3) is 3.19. The van der Waals surface area contributed by atoms with E-state index in [2.05, 4.69) is 10.2 Å². The average molecular weight is 240 g/mol. The smallest absolute Gasteiger partial charge is 0.249 e. The largest absolute Gasteiger partial charge is 0.369 e. The highest BCUT2D eigenvalue weighted by atomic mass is 16.5. The molecule has 1 amide bonds. The van der Waals surface area contributed by atoms with E-state index in [1.54, 1.807) is 0 Å². The number of carbonyl (C=O) groups excluding carboxylic acids is 1. The molecule has 2 rings (SSSR count). The molecular weight excluding hydrogens is 216 g/mol. The van der Waals surface area contributed by atoms with Gasteiger partial charge in [0.15, 0.2) is 0 Å². The van der Waals surface area contributed by atoms with Gasteiger partial charge in [-0.2, -0.15) is 0 Å². The summed E-state index contributed by atoms with van der Waals surface area (Å²) in [6.45, 7) is 1.79. The lowest BCUT2D eigenvalue weighted by molar-refractivity contribution is -0.152. The van der Waals surface area contributed by atoms with Gasteiger partial charge in [0.25, 0.3) is 0 Å². The molecule has 4 nitrogen and oxygen atoms in total. The van der Waals surface area contributed by atoms with E-state index in [-0.39, 0.29) is 18.6 Å². The second-order valence-electron chi connectivity index (χ2n) is 5.17. The van der Waals surface area contributed by atoms with Crippen molar-refractivity contribution >= 4 is 5.91 Å². The molecular formula is C13H24N2O2. The maximum absolute atomic E-state index is 12.1. The van der Waals surface area contributed by atoms with Crippen LogP contribution in [-0.4, -0.2) is 49.7 Å². The predicted octanol–water partition coefficient (Wildman–Crippen LogP) is 1.16. The number of morpholine rings is 1. The van der Waals surface area contributed by atoms with Gasteiger partial charge in [0.2, 0.25) is 5.91 Å². The summed E-state index contributed by atoms with van der Waals surface area (Å²) in [5.41, 5.74) is 0. The zero-order chi connectivity index (χ0) is 12.1. The van der Waals surface area contributed by atoms with Crippen molar-refractivity contribution in [1.82, 2.24) is 10.2 Å². The number of hydrogen-bond donors (Lipinski definition) is 1. The van der Waals surface area contributed by atoms with Gasteiger partial charge in [-0.05, 0) is 19.9 Å². The first kappa shape index (κ1) is 12.8. The summed E-state index contributed by atoms with van der Waals surface area (Å²) >= 11 is 0. The number of hydrogen-bond acceptors (Lipinski definition) is 3. The van der Waals surface area contributed by atoms with E-state index in [0.717, 1.165) is 6.54 Å². The molecule has 1 saturated heterocycles. The molecule has 2 fully saturated rings. The Morgan fingerprint density at radius 3 is 2.65 bits per heavy atom. The number of carbonyl (C=O) groups is 1. The van der Waals surface area contributed by atoms with Crippen molar-refractivity contribution in [3.05, 3.63) is 0 Å². The van der Waals surface area contributed by atoms with Gasteiger partial charge in [0, 0.05) is 12.6 Å². The van der Waals surface area contributed by atoms with E-state index in [0.29, 0.717) is 12.6 Å². The minimum absolute atomic E-state index is 0.184. The molecule has 0 aromatic carbocycles. The molecule has 0 aromatic heterocycles. The third-order valence-electron chi connectivity index (χ3n) is 3.87. The van der Waals surface area contributed by atoms with E-state index < -0.39 is 0 Å². The van der Waals surface area contributed by atoms with Gasteiger partial charge >= 0.3 is 0 Å². The number of amides is 1. The Labute approximate surface area is 104 Å². The highest BCUT2D eigenvalue weighted by Gasteiger charge is 2.33. The summed E-state index contributed by atoms with van der Waals surface area (Å²) in [5.74, 6) is 0.184. The lowest BCUT2D eigenvalue weighted by Crippen LogP contribution is -2.57. The number of likely N-dealkylation sites (N-methyl/N-ethyl adjacent to an activating group) is 1. The highest BCUT2D eigenvalue weighted by Crippen LogP contribution is 2.25. The molecule has 1 aliphatic heterocycles. The van der Waals surface area contributed by atoms with E-state index in [4.69, 9.17) is 4.74 Å². The number of nitrogens with zero attached hydrogens (tertiary/aromatic N) is 1. The fraction of sp³-hybridized carbons (Fsp3) is 0.923. The first-order valence-electron chi connectivity index (χ1n) is 6.86. The van der Waals surface area contributed by atoms with Crippen molar-refractivity contribution < 1.29 is 9.53 Å². The average Bonchev–Trinajstić information content (AvgIpc) is 2.58. The maximum atomic E-state index is 12.1. The van der Waals surface area contributed by atoms with Crippen LogP contribution in [-0.2, 0) is 9.53 Å². The van der Waals surface area contributed by atoms with Crippen LogP contribution in [0.15, 0.2) is 0 Å². The fourth-order valence-electron chi connectivity index (χ4n) is 3.07. The first-order chi connectivity index (χ1) is 8.33. The molecule has 1 atom stereocenters. The molecule has 1 heterocycles. The monoisotopic (exact) mass is 240 g/mol.